The molecule has 3 heteroatoms. The van der Waals surface area contributed by atoms with Gasteiger partial charge in [-0.25, -0.2) is 0 Å². The predicted molar refractivity (Wildman–Crippen MR) is 68.0 cm³/mol. The molecule has 0 radical (unpaired) electrons. The quantitative estimate of drug-likeness (QED) is 0.692. The summed E-state index contributed by atoms with van der Waals surface area (Å²) in [7, 11) is 5.69. The molecule has 16 heavy (non-hydrogen) atoms. The highest BCUT2D eigenvalue weighted by Gasteiger charge is 2.08. The highest BCUT2D eigenvalue weighted by Crippen LogP contribution is 2.20. The van der Waals surface area contributed by atoms with Crippen LogP contribution in [0.1, 0.15) is 24.4 Å². The molecule has 2 N–H and O–H groups in total. The Labute approximate surface area is 98.2 Å². The molecule has 1 rings (SSSR count). The SMILES string of the molecule is CNCCCC(NC)c1ccc(OC)cc1. The minimum atomic E-state index is 0.430. The summed E-state index contributed by atoms with van der Waals surface area (Å²) >= 11 is 0. The van der Waals surface area contributed by atoms with Gasteiger partial charge in [-0.3, -0.25) is 0 Å². The minimum Gasteiger partial charge on any atom is -0.497 e. The topological polar surface area (TPSA) is 33.3 Å². The third-order valence-electron chi connectivity index (χ3n) is 2.79. The summed E-state index contributed by atoms with van der Waals surface area (Å²) in [6.07, 6.45) is 2.32. The summed E-state index contributed by atoms with van der Waals surface area (Å²) in [6, 6.07) is 8.70. The summed E-state index contributed by atoms with van der Waals surface area (Å²) in [6.45, 7) is 1.06. The fraction of sp³-hybridized carbons (Fsp3) is 0.538. The fourth-order valence-corrected chi connectivity index (χ4v) is 1.80. The van der Waals surface area contributed by atoms with Crippen molar-refractivity contribution >= 4 is 0 Å². The molecule has 0 amide bonds. The number of hydrogen-bond acceptors (Lipinski definition) is 3. The van der Waals surface area contributed by atoms with Crippen molar-refractivity contribution in [1.82, 2.24) is 10.6 Å². The first kappa shape index (κ1) is 13.0. The van der Waals surface area contributed by atoms with Crippen molar-refractivity contribution < 1.29 is 4.74 Å². The van der Waals surface area contributed by atoms with Crippen LogP contribution in [0.5, 0.6) is 5.75 Å². The van der Waals surface area contributed by atoms with E-state index in [-0.39, 0.29) is 0 Å². The molecule has 3 nitrogen and oxygen atoms in total. The van der Waals surface area contributed by atoms with Gasteiger partial charge in [0.1, 0.15) is 5.75 Å². The third kappa shape index (κ3) is 3.83. The van der Waals surface area contributed by atoms with Gasteiger partial charge in [-0.1, -0.05) is 12.1 Å². The zero-order chi connectivity index (χ0) is 11.8. The summed E-state index contributed by atoms with van der Waals surface area (Å²) in [4.78, 5) is 0. The number of hydrogen-bond donors (Lipinski definition) is 2. The van der Waals surface area contributed by atoms with Gasteiger partial charge < -0.3 is 15.4 Å². The van der Waals surface area contributed by atoms with Gasteiger partial charge in [0.2, 0.25) is 0 Å². The van der Waals surface area contributed by atoms with Crippen molar-refractivity contribution in [3.05, 3.63) is 29.8 Å². The molecule has 1 aromatic carbocycles. The number of nitrogens with one attached hydrogen (secondary N) is 2. The third-order valence-corrected chi connectivity index (χ3v) is 2.79. The van der Waals surface area contributed by atoms with Crippen molar-refractivity contribution in [2.45, 2.75) is 18.9 Å². The molecule has 0 fully saturated rings. The fourth-order valence-electron chi connectivity index (χ4n) is 1.80. The van der Waals surface area contributed by atoms with Crippen molar-refractivity contribution in [3.8, 4) is 5.75 Å². The summed E-state index contributed by atoms with van der Waals surface area (Å²) in [5.74, 6) is 0.911. The van der Waals surface area contributed by atoms with E-state index in [0.29, 0.717) is 6.04 Å². The van der Waals surface area contributed by atoms with Gasteiger partial charge in [0.15, 0.2) is 0 Å². The zero-order valence-electron chi connectivity index (χ0n) is 10.4. The van der Waals surface area contributed by atoms with Gasteiger partial charge in [-0.15, -0.1) is 0 Å². The first-order valence-corrected chi connectivity index (χ1v) is 5.77. The minimum absolute atomic E-state index is 0.430. The monoisotopic (exact) mass is 222 g/mol. The molecule has 1 unspecified atom stereocenters. The van der Waals surface area contributed by atoms with E-state index in [1.54, 1.807) is 7.11 Å². The lowest BCUT2D eigenvalue weighted by molar-refractivity contribution is 0.414. The van der Waals surface area contributed by atoms with Gasteiger partial charge in [0.05, 0.1) is 7.11 Å². The maximum atomic E-state index is 5.15. The molecular formula is C13H22N2O. The van der Waals surface area contributed by atoms with Gasteiger partial charge >= 0.3 is 0 Å². The molecular weight excluding hydrogens is 200 g/mol. The maximum Gasteiger partial charge on any atom is 0.118 e. The second-order valence-electron chi connectivity index (χ2n) is 3.86. The number of ether oxygens (including phenoxy) is 1. The molecule has 90 valence electrons. The van der Waals surface area contributed by atoms with Crippen LogP contribution in [0, 0.1) is 0 Å². The highest BCUT2D eigenvalue weighted by molar-refractivity contribution is 5.29. The van der Waals surface area contributed by atoms with Crippen LogP contribution in [0.25, 0.3) is 0 Å². The molecule has 0 heterocycles. The number of benzene rings is 1. The highest BCUT2D eigenvalue weighted by atomic mass is 16.5. The Morgan fingerprint density at radius 1 is 1.19 bits per heavy atom. The van der Waals surface area contributed by atoms with E-state index in [4.69, 9.17) is 4.74 Å². The normalized spacial score (nSPS) is 12.4. The molecule has 1 aromatic rings. The van der Waals surface area contributed by atoms with E-state index in [9.17, 15) is 0 Å². The van der Waals surface area contributed by atoms with Crippen LogP contribution in [0.3, 0.4) is 0 Å². The summed E-state index contributed by atoms with van der Waals surface area (Å²) in [5, 5.41) is 6.52. The standard InChI is InChI=1S/C13H22N2O/c1-14-10-4-5-13(15-2)11-6-8-12(16-3)9-7-11/h6-9,13-15H,4-5,10H2,1-3H3. The van der Waals surface area contributed by atoms with E-state index in [1.165, 1.54) is 12.0 Å². The second-order valence-corrected chi connectivity index (χ2v) is 3.86. The van der Waals surface area contributed by atoms with E-state index >= 15 is 0 Å². The van der Waals surface area contributed by atoms with E-state index in [0.717, 1.165) is 18.7 Å². The molecule has 0 aliphatic rings. The lowest BCUT2D eigenvalue weighted by Gasteiger charge is -2.16. The van der Waals surface area contributed by atoms with Crippen LogP contribution in [0.4, 0.5) is 0 Å². The van der Waals surface area contributed by atoms with Crippen molar-refractivity contribution in [2.24, 2.45) is 0 Å². The average Bonchev–Trinajstić information content (AvgIpc) is 2.35. The van der Waals surface area contributed by atoms with E-state index < -0.39 is 0 Å². The summed E-state index contributed by atoms with van der Waals surface area (Å²) in [5.41, 5.74) is 1.32. The molecule has 0 aliphatic carbocycles. The van der Waals surface area contributed by atoms with Crippen molar-refractivity contribution in [2.75, 3.05) is 27.7 Å². The lowest BCUT2D eigenvalue weighted by Crippen LogP contribution is -2.18. The Morgan fingerprint density at radius 2 is 1.88 bits per heavy atom. The van der Waals surface area contributed by atoms with Crippen LogP contribution < -0.4 is 15.4 Å². The Hall–Kier alpha value is -1.06. The number of methoxy groups -OCH3 is 1. The molecule has 0 spiro atoms. The van der Waals surface area contributed by atoms with Gasteiger partial charge in [-0.05, 0) is 51.2 Å². The molecule has 0 aliphatic heterocycles. The van der Waals surface area contributed by atoms with Crippen LogP contribution in [-0.4, -0.2) is 27.7 Å². The van der Waals surface area contributed by atoms with Crippen molar-refractivity contribution in [3.63, 3.8) is 0 Å². The predicted octanol–water partition coefficient (Wildman–Crippen LogP) is 1.96. The van der Waals surface area contributed by atoms with E-state index in [1.807, 2.05) is 26.2 Å². The summed E-state index contributed by atoms with van der Waals surface area (Å²) < 4.78 is 5.15. The molecule has 0 aromatic heterocycles. The Morgan fingerprint density at radius 3 is 2.38 bits per heavy atom. The Balaban J connectivity index is 2.56. The second kappa shape index (κ2) is 7.25. The number of rotatable bonds is 7. The molecule has 0 bridgehead atoms. The largest absolute Gasteiger partial charge is 0.497 e. The van der Waals surface area contributed by atoms with Gasteiger partial charge in [-0.2, -0.15) is 0 Å². The maximum absolute atomic E-state index is 5.15. The van der Waals surface area contributed by atoms with Crippen LogP contribution in [-0.2, 0) is 0 Å². The Bertz CT molecular complexity index is 284. The zero-order valence-corrected chi connectivity index (χ0v) is 10.4. The lowest BCUT2D eigenvalue weighted by atomic mass is 10.0. The van der Waals surface area contributed by atoms with Crippen molar-refractivity contribution in [1.29, 1.82) is 0 Å². The molecule has 0 saturated carbocycles. The van der Waals surface area contributed by atoms with E-state index in [2.05, 4.69) is 22.8 Å². The van der Waals surface area contributed by atoms with Crippen LogP contribution in [0.15, 0.2) is 24.3 Å². The average molecular weight is 222 g/mol. The first-order valence-electron chi connectivity index (χ1n) is 5.77. The first-order chi connectivity index (χ1) is 7.81. The van der Waals surface area contributed by atoms with Gasteiger partial charge in [0, 0.05) is 6.04 Å². The Kier molecular flexibility index (Phi) is 5.90. The smallest absolute Gasteiger partial charge is 0.118 e. The molecule has 0 saturated heterocycles. The van der Waals surface area contributed by atoms with Crippen LogP contribution >= 0.6 is 0 Å². The molecule has 1 atom stereocenters. The van der Waals surface area contributed by atoms with Crippen LogP contribution in [0.2, 0.25) is 0 Å². The van der Waals surface area contributed by atoms with Gasteiger partial charge in [0.25, 0.3) is 0 Å².